The van der Waals surface area contributed by atoms with Gasteiger partial charge in [0.25, 0.3) is 0 Å². The molecule has 0 bridgehead atoms. The van der Waals surface area contributed by atoms with E-state index in [1.54, 1.807) is 6.08 Å². The van der Waals surface area contributed by atoms with E-state index in [0.29, 0.717) is 19.3 Å². The number of hydrogen-bond donors (Lipinski definition) is 3. The fourth-order valence-corrected chi connectivity index (χ4v) is 7.56. The van der Waals surface area contributed by atoms with Crippen LogP contribution in [-0.2, 0) is 23.9 Å². The van der Waals surface area contributed by atoms with Crippen molar-refractivity contribution >= 4 is 17.5 Å². The lowest BCUT2D eigenvalue weighted by Gasteiger charge is -2.60. The van der Waals surface area contributed by atoms with Gasteiger partial charge in [-0.15, -0.1) is 0 Å². The minimum Gasteiger partial charge on any atom is -0.428 e. The Balaban J connectivity index is 1.67. The molecule has 0 aliphatic heterocycles. The molecular weight excluding hydrogens is 452 g/mol. The van der Waals surface area contributed by atoms with Crippen LogP contribution in [0, 0.1) is 28.6 Å². The number of esters is 1. The molecule has 0 unspecified atom stereocenters. The Morgan fingerprint density at radius 1 is 1.17 bits per heavy atom. The zero-order chi connectivity index (χ0) is 26.0. The number of allylic oxidation sites excluding steroid dienone is 3. The first-order chi connectivity index (χ1) is 16.2. The Morgan fingerprint density at radius 3 is 2.49 bits per heavy atom. The number of carbonyl (C=O) groups excluding carboxylic acids is 3. The topological polar surface area (TPSA) is 130 Å². The van der Waals surface area contributed by atoms with Gasteiger partial charge in [0, 0.05) is 17.4 Å². The van der Waals surface area contributed by atoms with Crippen molar-refractivity contribution in [1.82, 2.24) is 0 Å². The van der Waals surface area contributed by atoms with Gasteiger partial charge >= 0.3 is 5.97 Å². The largest absolute Gasteiger partial charge is 0.428 e. The lowest BCUT2D eigenvalue weighted by atomic mass is 9.45. The van der Waals surface area contributed by atoms with Crippen LogP contribution in [0.25, 0.3) is 0 Å². The van der Waals surface area contributed by atoms with Gasteiger partial charge in [-0.2, -0.15) is 0 Å². The quantitative estimate of drug-likeness (QED) is 0.500. The number of aliphatic hydroxyl groups is 3. The van der Waals surface area contributed by atoms with E-state index >= 15 is 0 Å². The molecular formula is C27H38O8. The fourth-order valence-electron chi connectivity index (χ4n) is 7.56. The Morgan fingerprint density at radius 2 is 1.86 bits per heavy atom. The predicted octanol–water partition coefficient (Wildman–Crippen LogP) is 2.24. The van der Waals surface area contributed by atoms with Gasteiger partial charge in [-0.3, -0.25) is 9.59 Å². The van der Waals surface area contributed by atoms with E-state index < -0.39 is 46.5 Å². The molecule has 8 heteroatoms. The maximum Gasteiger partial charge on any atom is 0.337 e. The zero-order valence-electron chi connectivity index (χ0n) is 21.3. The van der Waals surface area contributed by atoms with E-state index in [1.807, 2.05) is 34.6 Å². The van der Waals surface area contributed by atoms with Crippen molar-refractivity contribution in [2.45, 2.75) is 84.0 Å². The minimum atomic E-state index is -1.69. The van der Waals surface area contributed by atoms with Crippen LogP contribution in [0.3, 0.4) is 0 Å². The third-order valence-electron chi connectivity index (χ3n) is 9.24. The second-order valence-electron chi connectivity index (χ2n) is 12.2. The van der Waals surface area contributed by atoms with Crippen LogP contribution < -0.4 is 0 Å². The monoisotopic (exact) mass is 490 g/mol. The number of Topliss-reactive ketones (excluding diaryl/α,β-unsaturated/α-hetero) is 1. The molecule has 3 N–H and O–H groups in total. The summed E-state index contributed by atoms with van der Waals surface area (Å²) in [6.07, 6.45) is 4.29. The van der Waals surface area contributed by atoms with E-state index in [2.05, 4.69) is 0 Å². The van der Waals surface area contributed by atoms with Crippen molar-refractivity contribution in [2.24, 2.45) is 28.6 Å². The molecule has 0 aromatic carbocycles. The number of carbonyl (C=O) groups is 3. The van der Waals surface area contributed by atoms with Crippen LogP contribution in [-0.4, -0.2) is 63.4 Å². The molecule has 4 aliphatic carbocycles. The molecule has 3 saturated carbocycles. The van der Waals surface area contributed by atoms with Gasteiger partial charge in [0.1, 0.15) is 24.6 Å². The standard InChI is InChI=1S/C27H38O8/c1-24(2,3)34-14-22(32)35-21-11-16(29)10-15-6-7-17-18-8-9-27(33,20(31)13-28)25(18,4)12-19(30)23(17)26(15,21)5/h10-11,17-19,23,28,30,33H,6-9,12-14H2,1-5H3/t17-,18-,19-,23+,25-,26+,27-/m0/s1. The highest BCUT2D eigenvalue weighted by Crippen LogP contribution is 2.68. The van der Waals surface area contributed by atoms with Gasteiger partial charge in [-0.25, -0.2) is 4.79 Å². The van der Waals surface area contributed by atoms with E-state index in [-0.39, 0.29) is 48.7 Å². The van der Waals surface area contributed by atoms with Crippen molar-refractivity contribution in [3.05, 3.63) is 23.5 Å². The second kappa shape index (κ2) is 8.61. The van der Waals surface area contributed by atoms with Gasteiger partial charge in [-0.1, -0.05) is 12.5 Å². The minimum absolute atomic E-state index is 0.0615. The summed E-state index contributed by atoms with van der Waals surface area (Å²) in [5.41, 5.74) is -3.15. The lowest BCUT2D eigenvalue weighted by molar-refractivity contribution is -0.182. The molecule has 35 heavy (non-hydrogen) atoms. The van der Waals surface area contributed by atoms with Crippen LogP contribution in [0.4, 0.5) is 0 Å². The molecule has 0 amide bonds. The third kappa shape index (κ3) is 4.02. The Hall–Kier alpha value is -1.87. The molecule has 4 aliphatic rings. The number of ether oxygens (including phenoxy) is 2. The maximum atomic E-state index is 12.7. The average Bonchev–Trinajstić information content (AvgIpc) is 3.03. The Labute approximate surface area is 206 Å². The molecule has 0 aromatic heterocycles. The average molecular weight is 491 g/mol. The van der Waals surface area contributed by atoms with Gasteiger partial charge in [0.15, 0.2) is 11.6 Å². The lowest BCUT2D eigenvalue weighted by Crippen LogP contribution is -2.62. The fraction of sp³-hybridized carbons (Fsp3) is 0.741. The molecule has 3 fully saturated rings. The van der Waals surface area contributed by atoms with Gasteiger partial charge in [0.05, 0.1) is 17.1 Å². The number of aliphatic hydroxyl groups excluding tert-OH is 2. The molecule has 0 saturated heterocycles. The number of hydrogen-bond acceptors (Lipinski definition) is 8. The molecule has 194 valence electrons. The van der Waals surface area contributed by atoms with E-state index in [9.17, 15) is 29.7 Å². The highest BCUT2D eigenvalue weighted by molar-refractivity contribution is 6.02. The van der Waals surface area contributed by atoms with Gasteiger partial charge in [0.2, 0.25) is 0 Å². The molecule has 8 nitrogen and oxygen atoms in total. The summed E-state index contributed by atoms with van der Waals surface area (Å²) < 4.78 is 11.3. The maximum absolute atomic E-state index is 12.7. The summed E-state index contributed by atoms with van der Waals surface area (Å²) in [4.78, 5) is 37.8. The van der Waals surface area contributed by atoms with E-state index in [0.717, 1.165) is 5.57 Å². The van der Waals surface area contributed by atoms with Gasteiger partial charge < -0.3 is 24.8 Å². The van der Waals surface area contributed by atoms with Crippen molar-refractivity contribution in [1.29, 1.82) is 0 Å². The molecule has 0 radical (unpaired) electrons. The summed E-state index contributed by atoms with van der Waals surface area (Å²) >= 11 is 0. The van der Waals surface area contributed by atoms with E-state index in [1.165, 1.54) is 6.08 Å². The summed E-state index contributed by atoms with van der Waals surface area (Å²) in [6.45, 7) is 8.24. The smallest absolute Gasteiger partial charge is 0.337 e. The highest BCUT2D eigenvalue weighted by Gasteiger charge is 2.69. The normalized spacial score (nSPS) is 40.7. The van der Waals surface area contributed by atoms with Gasteiger partial charge in [-0.05, 0) is 77.7 Å². The molecule has 7 atom stereocenters. The van der Waals surface area contributed by atoms with Crippen molar-refractivity contribution in [2.75, 3.05) is 13.2 Å². The van der Waals surface area contributed by atoms with Crippen LogP contribution in [0.1, 0.15) is 66.7 Å². The third-order valence-corrected chi connectivity index (χ3v) is 9.24. The first kappa shape index (κ1) is 26.2. The number of rotatable bonds is 5. The summed E-state index contributed by atoms with van der Waals surface area (Å²) in [6, 6.07) is 0. The summed E-state index contributed by atoms with van der Waals surface area (Å²) in [5, 5.41) is 32.4. The summed E-state index contributed by atoms with van der Waals surface area (Å²) in [5.74, 6) is -1.73. The first-order valence-electron chi connectivity index (χ1n) is 12.5. The molecule has 0 heterocycles. The highest BCUT2D eigenvalue weighted by atomic mass is 16.6. The Kier molecular flexibility index (Phi) is 6.45. The van der Waals surface area contributed by atoms with Crippen molar-refractivity contribution < 1.29 is 39.2 Å². The van der Waals surface area contributed by atoms with E-state index in [4.69, 9.17) is 9.47 Å². The molecule has 0 aromatic rings. The Bertz CT molecular complexity index is 990. The first-order valence-corrected chi connectivity index (χ1v) is 12.5. The predicted molar refractivity (Wildman–Crippen MR) is 126 cm³/mol. The zero-order valence-corrected chi connectivity index (χ0v) is 21.3. The van der Waals surface area contributed by atoms with Crippen LogP contribution >= 0.6 is 0 Å². The molecule has 4 rings (SSSR count). The summed E-state index contributed by atoms with van der Waals surface area (Å²) in [7, 11) is 0. The second-order valence-corrected chi connectivity index (χ2v) is 12.2. The van der Waals surface area contributed by atoms with Crippen LogP contribution in [0.2, 0.25) is 0 Å². The van der Waals surface area contributed by atoms with Crippen LogP contribution in [0.15, 0.2) is 23.5 Å². The molecule has 0 spiro atoms. The van der Waals surface area contributed by atoms with Crippen molar-refractivity contribution in [3.8, 4) is 0 Å². The SMILES string of the molecule is CC(C)(C)OCC(=O)OC1=CC(=O)C=C2CC[C@@H]3[C@H]([C@@H](O)C[C@@]4(C)[C@H]3CC[C@]4(O)C(=O)CO)[C@]21C. The van der Waals surface area contributed by atoms with Crippen LogP contribution in [0.5, 0.6) is 0 Å². The number of fused-ring (bicyclic) bond motifs is 5. The van der Waals surface area contributed by atoms with Crippen molar-refractivity contribution in [3.63, 3.8) is 0 Å². The number of ketones is 2.